The summed E-state index contributed by atoms with van der Waals surface area (Å²) in [6, 6.07) is 10.3. The van der Waals surface area contributed by atoms with Gasteiger partial charge in [0.1, 0.15) is 6.17 Å². The lowest BCUT2D eigenvalue weighted by Gasteiger charge is -2.32. The van der Waals surface area contributed by atoms with Gasteiger partial charge in [-0.3, -0.25) is 14.7 Å². The van der Waals surface area contributed by atoms with E-state index in [0.29, 0.717) is 12.5 Å². The van der Waals surface area contributed by atoms with Gasteiger partial charge < -0.3 is 4.90 Å². The zero-order valence-electron chi connectivity index (χ0n) is 13.4. The minimum absolute atomic E-state index is 0.0168. The van der Waals surface area contributed by atoms with Gasteiger partial charge in [-0.05, 0) is 30.5 Å². The predicted molar refractivity (Wildman–Crippen MR) is 93.4 cm³/mol. The number of hydrogen-bond acceptors (Lipinski definition) is 4. The lowest BCUT2D eigenvalue weighted by Crippen LogP contribution is -2.48. The van der Waals surface area contributed by atoms with Crippen LogP contribution in [0.2, 0.25) is 0 Å². The fourth-order valence-corrected chi connectivity index (χ4v) is 3.88. The number of thioether (sulfide) groups is 1. The third-order valence-corrected chi connectivity index (χ3v) is 5.20. The summed E-state index contributed by atoms with van der Waals surface area (Å²) in [5.41, 5.74) is 1.83. The Morgan fingerprint density at radius 2 is 2.13 bits per heavy atom. The van der Waals surface area contributed by atoms with Crippen molar-refractivity contribution in [2.24, 2.45) is 4.99 Å². The molecule has 0 spiro atoms. The molecular formula is C17H20N4OS. The first-order chi connectivity index (χ1) is 11.1. The maximum absolute atomic E-state index is 12.2. The van der Waals surface area contributed by atoms with Gasteiger partial charge in [0.2, 0.25) is 5.91 Å². The second-order valence-corrected chi connectivity index (χ2v) is 6.92. The van der Waals surface area contributed by atoms with Crippen molar-refractivity contribution in [1.82, 2.24) is 4.90 Å². The molecule has 120 valence electrons. The Kier molecular flexibility index (Phi) is 4.58. The lowest BCUT2D eigenvalue weighted by atomic mass is 10.1. The fourth-order valence-electron chi connectivity index (χ4n) is 2.66. The Morgan fingerprint density at radius 1 is 1.43 bits per heavy atom. The highest BCUT2D eigenvalue weighted by atomic mass is 32.2. The van der Waals surface area contributed by atoms with Gasteiger partial charge in [0, 0.05) is 25.4 Å². The van der Waals surface area contributed by atoms with E-state index in [2.05, 4.69) is 11.0 Å². The number of nitriles is 1. The van der Waals surface area contributed by atoms with Crippen LogP contribution in [0.4, 0.5) is 5.69 Å². The quantitative estimate of drug-likeness (QED) is 0.852. The van der Waals surface area contributed by atoms with Crippen molar-refractivity contribution in [2.75, 3.05) is 17.7 Å². The van der Waals surface area contributed by atoms with Crippen molar-refractivity contribution in [3.8, 4) is 6.07 Å². The monoisotopic (exact) mass is 328 g/mol. The first kappa shape index (κ1) is 15.9. The minimum atomic E-state index is -0.0168. The maximum Gasteiger partial charge on any atom is 0.225 e. The van der Waals surface area contributed by atoms with Crippen LogP contribution in [0.15, 0.2) is 29.3 Å². The lowest BCUT2D eigenvalue weighted by molar-refractivity contribution is -0.117. The van der Waals surface area contributed by atoms with Crippen LogP contribution in [0.1, 0.15) is 25.3 Å². The zero-order valence-corrected chi connectivity index (χ0v) is 14.2. The van der Waals surface area contributed by atoms with Gasteiger partial charge in [0.05, 0.1) is 18.5 Å². The molecule has 5 nitrogen and oxygen atoms in total. The van der Waals surface area contributed by atoms with Gasteiger partial charge in [-0.2, -0.15) is 5.26 Å². The standard InChI is InChI=1S/C17H20N4OS/c1-12(22)21(15-7-3-13(4-8-15)9-10-18)16-11-23-17(20(16)2)19-14-5-6-14/h3-4,7-8,14,16H,5-6,9,11H2,1-2H3. The molecule has 3 rings (SSSR count). The van der Waals surface area contributed by atoms with Crippen molar-refractivity contribution in [3.05, 3.63) is 29.8 Å². The Morgan fingerprint density at radius 3 is 2.70 bits per heavy atom. The first-order valence-electron chi connectivity index (χ1n) is 7.79. The summed E-state index contributed by atoms with van der Waals surface area (Å²) in [4.78, 5) is 20.9. The molecule has 0 radical (unpaired) electrons. The number of hydrogen-bond donors (Lipinski definition) is 0. The summed E-state index contributed by atoms with van der Waals surface area (Å²) in [7, 11) is 2.01. The van der Waals surface area contributed by atoms with E-state index in [-0.39, 0.29) is 12.1 Å². The molecule has 1 amide bonds. The van der Waals surface area contributed by atoms with Crippen LogP contribution < -0.4 is 4.90 Å². The highest BCUT2D eigenvalue weighted by molar-refractivity contribution is 8.14. The van der Waals surface area contributed by atoms with Crippen molar-refractivity contribution in [3.63, 3.8) is 0 Å². The SMILES string of the molecule is CC(=O)N(c1ccc(CC#N)cc1)C1CSC(=NC2CC2)N1C. The number of aliphatic imine (C=N–C) groups is 1. The predicted octanol–water partition coefficient (Wildman–Crippen LogP) is 2.63. The fraction of sp³-hybridized carbons (Fsp3) is 0.471. The van der Waals surface area contributed by atoms with Crippen LogP contribution in [0.25, 0.3) is 0 Å². The number of amidine groups is 1. The smallest absolute Gasteiger partial charge is 0.225 e. The van der Waals surface area contributed by atoms with Gasteiger partial charge in [0.25, 0.3) is 0 Å². The highest BCUT2D eigenvalue weighted by Gasteiger charge is 2.35. The van der Waals surface area contributed by atoms with Crippen LogP contribution in [0.5, 0.6) is 0 Å². The summed E-state index contributed by atoms with van der Waals surface area (Å²) < 4.78 is 0. The molecule has 2 aliphatic rings. The Hall–Kier alpha value is -2.00. The molecule has 1 aromatic carbocycles. The molecule has 0 N–H and O–H groups in total. The number of nitrogens with zero attached hydrogens (tertiary/aromatic N) is 4. The molecule has 2 fully saturated rings. The van der Waals surface area contributed by atoms with E-state index >= 15 is 0 Å². The molecule has 1 aliphatic heterocycles. The van der Waals surface area contributed by atoms with E-state index in [1.54, 1.807) is 18.7 Å². The average Bonchev–Trinajstić information content (AvgIpc) is 3.28. The van der Waals surface area contributed by atoms with Crippen LogP contribution >= 0.6 is 11.8 Å². The Labute approximate surface area is 141 Å². The second-order valence-electron chi connectivity index (χ2n) is 5.94. The van der Waals surface area contributed by atoms with Crippen LogP contribution in [-0.4, -0.2) is 41.0 Å². The number of rotatable bonds is 4. The van der Waals surface area contributed by atoms with Gasteiger partial charge in [-0.25, -0.2) is 0 Å². The normalized spacial score (nSPS) is 22.2. The topological polar surface area (TPSA) is 59.7 Å². The molecule has 1 heterocycles. The van der Waals surface area contributed by atoms with Crippen molar-refractivity contribution in [1.29, 1.82) is 5.26 Å². The molecule has 1 saturated heterocycles. The van der Waals surface area contributed by atoms with E-state index in [9.17, 15) is 4.79 Å². The van der Waals surface area contributed by atoms with Crippen LogP contribution in [0, 0.1) is 11.3 Å². The zero-order chi connectivity index (χ0) is 16.4. The Bertz CT molecular complexity index is 660. The molecule has 1 aliphatic carbocycles. The van der Waals surface area contributed by atoms with E-state index in [0.717, 1.165) is 22.2 Å². The van der Waals surface area contributed by atoms with Crippen molar-refractivity contribution < 1.29 is 4.79 Å². The van der Waals surface area contributed by atoms with Crippen LogP contribution in [-0.2, 0) is 11.2 Å². The molecular weight excluding hydrogens is 308 g/mol. The highest BCUT2D eigenvalue weighted by Crippen LogP contribution is 2.32. The maximum atomic E-state index is 12.2. The molecule has 1 saturated carbocycles. The number of carbonyl (C=O) groups excluding carboxylic acids is 1. The van der Waals surface area contributed by atoms with Gasteiger partial charge in [-0.15, -0.1) is 0 Å². The number of amides is 1. The molecule has 1 aromatic rings. The number of carbonyl (C=O) groups is 1. The van der Waals surface area contributed by atoms with E-state index in [1.165, 1.54) is 12.8 Å². The molecule has 1 unspecified atom stereocenters. The van der Waals surface area contributed by atoms with Gasteiger partial charge in [-0.1, -0.05) is 23.9 Å². The average molecular weight is 328 g/mol. The second kappa shape index (κ2) is 6.63. The summed E-state index contributed by atoms with van der Waals surface area (Å²) in [6.07, 6.45) is 2.73. The van der Waals surface area contributed by atoms with E-state index in [1.807, 2.05) is 36.2 Å². The summed E-state index contributed by atoms with van der Waals surface area (Å²) >= 11 is 1.72. The minimum Gasteiger partial charge on any atom is -0.333 e. The molecule has 0 bridgehead atoms. The third kappa shape index (κ3) is 3.50. The summed E-state index contributed by atoms with van der Waals surface area (Å²) in [5, 5.41) is 9.80. The van der Waals surface area contributed by atoms with Crippen molar-refractivity contribution in [2.45, 2.75) is 38.4 Å². The van der Waals surface area contributed by atoms with Gasteiger partial charge >= 0.3 is 0 Å². The van der Waals surface area contributed by atoms with E-state index in [4.69, 9.17) is 10.3 Å². The van der Waals surface area contributed by atoms with Gasteiger partial charge in [0.15, 0.2) is 5.17 Å². The Balaban J connectivity index is 1.81. The largest absolute Gasteiger partial charge is 0.333 e. The molecule has 6 heteroatoms. The number of anilines is 1. The van der Waals surface area contributed by atoms with Crippen molar-refractivity contribution >= 4 is 28.5 Å². The number of benzene rings is 1. The molecule has 0 aromatic heterocycles. The summed E-state index contributed by atoms with van der Waals surface area (Å²) in [6.45, 7) is 1.59. The summed E-state index contributed by atoms with van der Waals surface area (Å²) in [5.74, 6) is 0.838. The third-order valence-electron chi connectivity index (χ3n) is 4.09. The van der Waals surface area contributed by atoms with Crippen LogP contribution in [0.3, 0.4) is 0 Å². The molecule has 1 atom stereocenters. The molecule has 23 heavy (non-hydrogen) atoms. The first-order valence-corrected chi connectivity index (χ1v) is 8.78. The van der Waals surface area contributed by atoms with E-state index < -0.39 is 0 Å².